The molecule has 2 N–H and O–H groups in total. The number of nitrogens with one attached hydrogen (secondary N) is 2. The number of halogens is 2. The van der Waals surface area contributed by atoms with E-state index in [-0.39, 0.29) is 5.28 Å². The molecule has 0 aliphatic carbocycles. The minimum atomic E-state index is -0.992. The Bertz CT molecular complexity index is 561. The molecule has 0 bridgehead atoms. The summed E-state index contributed by atoms with van der Waals surface area (Å²) in [6.45, 7) is 1.14. The van der Waals surface area contributed by atoms with Crippen LogP contribution in [0.5, 0.6) is 5.88 Å². The smallest absolute Gasteiger partial charge is 0.227 e. The van der Waals surface area contributed by atoms with E-state index < -0.39 is 12.3 Å². The van der Waals surface area contributed by atoms with Crippen LogP contribution in [0.3, 0.4) is 0 Å². The lowest BCUT2D eigenvalue weighted by Crippen LogP contribution is -2.45. The van der Waals surface area contributed by atoms with Gasteiger partial charge in [-0.15, -0.1) is 0 Å². The molecule has 7 heteroatoms. The molecule has 0 amide bonds. The molecule has 18 heavy (non-hydrogen) atoms. The molecule has 0 radical (unpaired) electrons. The molecule has 0 aromatic carbocycles. The van der Waals surface area contributed by atoms with E-state index in [0.29, 0.717) is 36.4 Å². The van der Waals surface area contributed by atoms with Gasteiger partial charge in [0.1, 0.15) is 17.9 Å². The number of fused-ring (bicyclic) bond motifs is 1. The number of ether oxygens (including phenoxy) is 1. The summed E-state index contributed by atoms with van der Waals surface area (Å²) in [4.78, 5) is 11.0. The first-order chi connectivity index (χ1) is 8.74. The second-order valence-electron chi connectivity index (χ2n) is 4.20. The van der Waals surface area contributed by atoms with Crippen molar-refractivity contribution in [3.63, 3.8) is 0 Å². The van der Waals surface area contributed by atoms with Crippen LogP contribution in [0.2, 0.25) is 5.28 Å². The molecule has 1 saturated heterocycles. The molecule has 1 aliphatic rings. The zero-order valence-electron chi connectivity index (χ0n) is 9.49. The van der Waals surface area contributed by atoms with Crippen molar-refractivity contribution < 1.29 is 9.13 Å². The molecule has 2 aromatic rings. The molecule has 3 heterocycles. The van der Waals surface area contributed by atoms with Gasteiger partial charge < -0.3 is 15.0 Å². The van der Waals surface area contributed by atoms with Gasteiger partial charge in [-0.3, -0.25) is 0 Å². The lowest BCUT2D eigenvalue weighted by Gasteiger charge is -2.27. The Kier molecular flexibility index (Phi) is 3.05. The van der Waals surface area contributed by atoms with E-state index in [0.717, 1.165) is 0 Å². The van der Waals surface area contributed by atoms with Crippen LogP contribution in [0.15, 0.2) is 12.3 Å². The highest BCUT2D eigenvalue weighted by atomic mass is 35.5. The van der Waals surface area contributed by atoms with Crippen molar-refractivity contribution in [2.75, 3.05) is 13.1 Å². The Morgan fingerprint density at radius 1 is 1.44 bits per heavy atom. The van der Waals surface area contributed by atoms with E-state index in [4.69, 9.17) is 16.3 Å². The summed E-state index contributed by atoms with van der Waals surface area (Å²) in [6.07, 6.45) is 0.630. The van der Waals surface area contributed by atoms with Gasteiger partial charge >= 0.3 is 0 Å². The third-order valence-corrected chi connectivity index (χ3v) is 3.13. The fraction of sp³-hybridized carbons (Fsp3) is 0.455. The van der Waals surface area contributed by atoms with Crippen LogP contribution in [-0.4, -0.2) is 40.3 Å². The molecular formula is C11H12ClFN4O. The number of aromatic amines is 1. The molecule has 1 fully saturated rings. The highest BCUT2D eigenvalue weighted by molar-refractivity contribution is 6.28. The normalized spacial score (nSPS) is 24.3. The molecule has 0 saturated carbocycles. The predicted molar refractivity (Wildman–Crippen MR) is 65.7 cm³/mol. The van der Waals surface area contributed by atoms with Crippen LogP contribution >= 0.6 is 11.6 Å². The summed E-state index contributed by atoms with van der Waals surface area (Å²) < 4.78 is 19.3. The summed E-state index contributed by atoms with van der Waals surface area (Å²) in [5, 5.41) is 3.88. The zero-order chi connectivity index (χ0) is 12.5. The standard InChI is InChI=1S/C11H12ClFN4O/c12-11-16-9-6(1-4-15-9)10(17-11)18-8-5-14-3-2-7(8)13/h1,4,7-8,14H,2-3,5H2,(H,15,16,17). The van der Waals surface area contributed by atoms with E-state index in [9.17, 15) is 4.39 Å². The van der Waals surface area contributed by atoms with Crippen molar-refractivity contribution in [1.82, 2.24) is 20.3 Å². The van der Waals surface area contributed by atoms with Gasteiger partial charge in [-0.25, -0.2) is 4.39 Å². The van der Waals surface area contributed by atoms with Crippen molar-refractivity contribution in [2.24, 2.45) is 0 Å². The Morgan fingerprint density at radius 3 is 3.17 bits per heavy atom. The molecule has 1 aliphatic heterocycles. The molecule has 2 atom stereocenters. The van der Waals surface area contributed by atoms with Crippen LogP contribution in [0.1, 0.15) is 6.42 Å². The number of aromatic nitrogens is 3. The Morgan fingerprint density at radius 2 is 2.33 bits per heavy atom. The van der Waals surface area contributed by atoms with Gasteiger partial charge in [0, 0.05) is 12.7 Å². The molecule has 2 aromatic heterocycles. The number of hydrogen-bond donors (Lipinski definition) is 2. The number of nitrogens with zero attached hydrogens (tertiary/aromatic N) is 2. The van der Waals surface area contributed by atoms with Crippen molar-refractivity contribution >= 4 is 22.6 Å². The van der Waals surface area contributed by atoms with Gasteiger partial charge in [-0.2, -0.15) is 9.97 Å². The molecular weight excluding hydrogens is 259 g/mol. The van der Waals surface area contributed by atoms with Crippen molar-refractivity contribution in [2.45, 2.75) is 18.7 Å². The largest absolute Gasteiger partial charge is 0.469 e. The Balaban J connectivity index is 1.91. The van der Waals surface area contributed by atoms with Gasteiger partial charge in [0.25, 0.3) is 0 Å². The summed E-state index contributed by atoms with van der Waals surface area (Å²) in [7, 11) is 0. The highest BCUT2D eigenvalue weighted by Gasteiger charge is 2.27. The monoisotopic (exact) mass is 270 g/mol. The number of piperidine rings is 1. The SMILES string of the molecule is FC1CCNCC1Oc1nc(Cl)nc2[nH]ccc12. The first-order valence-electron chi connectivity index (χ1n) is 5.76. The van der Waals surface area contributed by atoms with E-state index in [2.05, 4.69) is 20.3 Å². The topological polar surface area (TPSA) is 62.8 Å². The number of rotatable bonds is 2. The van der Waals surface area contributed by atoms with Gasteiger partial charge in [-0.1, -0.05) is 0 Å². The highest BCUT2D eigenvalue weighted by Crippen LogP contribution is 2.25. The number of H-pyrrole nitrogens is 1. The summed E-state index contributed by atoms with van der Waals surface area (Å²) in [5.41, 5.74) is 0.587. The lowest BCUT2D eigenvalue weighted by atomic mass is 10.1. The quantitative estimate of drug-likeness (QED) is 0.815. The van der Waals surface area contributed by atoms with Crippen molar-refractivity contribution in [3.05, 3.63) is 17.5 Å². The Labute approximate surface area is 108 Å². The maximum Gasteiger partial charge on any atom is 0.227 e. The maximum atomic E-state index is 13.7. The van der Waals surface area contributed by atoms with E-state index in [1.165, 1.54) is 0 Å². The average molecular weight is 271 g/mol. The fourth-order valence-electron chi connectivity index (χ4n) is 2.03. The lowest BCUT2D eigenvalue weighted by molar-refractivity contribution is 0.0721. The van der Waals surface area contributed by atoms with Crippen LogP contribution in [0.25, 0.3) is 11.0 Å². The van der Waals surface area contributed by atoms with Crippen LogP contribution in [0, 0.1) is 0 Å². The van der Waals surface area contributed by atoms with Gasteiger partial charge in [-0.05, 0) is 30.6 Å². The summed E-state index contributed by atoms with van der Waals surface area (Å²) in [5.74, 6) is 0.322. The fourth-order valence-corrected chi connectivity index (χ4v) is 2.20. The second-order valence-corrected chi connectivity index (χ2v) is 4.54. The minimum absolute atomic E-state index is 0.0825. The molecule has 96 valence electrons. The predicted octanol–water partition coefficient (Wildman–Crippen LogP) is 1.69. The third-order valence-electron chi connectivity index (χ3n) is 2.96. The van der Waals surface area contributed by atoms with E-state index >= 15 is 0 Å². The van der Waals surface area contributed by atoms with Crippen molar-refractivity contribution in [1.29, 1.82) is 0 Å². The first kappa shape index (κ1) is 11.7. The van der Waals surface area contributed by atoms with E-state index in [1.807, 2.05) is 0 Å². The van der Waals surface area contributed by atoms with E-state index in [1.54, 1.807) is 12.3 Å². The zero-order valence-corrected chi connectivity index (χ0v) is 10.2. The first-order valence-corrected chi connectivity index (χ1v) is 6.14. The molecule has 2 unspecified atom stereocenters. The van der Waals surface area contributed by atoms with Gasteiger partial charge in [0.2, 0.25) is 11.2 Å². The third kappa shape index (κ3) is 2.13. The molecule has 0 spiro atoms. The van der Waals surface area contributed by atoms with Crippen LogP contribution in [0.4, 0.5) is 4.39 Å². The van der Waals surface area contributed by atoms with Crippen LogP contribution in [-0.2, 0) is 0 Å². The molecule has 3 rings (SSSR count). The maximum absolute atomic E-state index is 13.7. The second kappa shape index (κ2) is 4.70. The Hall–Kier alpha value is -1.40. The minimum Gasteiger partial charge on any atom is -0.469 e. The summed E-state index contributed by atoms with van der Waals surface area (Å²) in [6, 6.07) is 1.78. The average Bonchev–Trinajstić information content (AvgIpc) is 2.80. The number of hydrogen-bond acceptors (Lipinski definition) is 4. The van der Waals surface area contributed by atoms with Crippen molar-refractivity contribution in [3.8, 4) is 5.88 Å². The summed E-state index contributed by atoms with van der Waals surface area (Å²) >= 11 is 5.80. The van der Waals surface area contributed by atoms with Gasteiger partial charge in [0.15, 0.2) is 0 Å². The van der Waals surface area contributed by atoms with Gasteiger partial charge in [0.05, 0.1) is 5.39 Å². The molecule has 5 nitrogen and oxygen atoms in total. The van der Waals surface area contributed by atoms with Crippen LogP contribution < -0.4 is 10.1 Å². The number of alkyl halides is 1.